The first-order valence-electron chi connectivity index (χ1n) is 10.2. The van der Waals surface area contributed by atoms with Crippen molar-refractivity contribution >= 4 is 30.0 Å². The third kappa shape index (κ3) is 7.19. The number of rotatable bonds is 11. The van der Waals surface area contributed by atoms with Gasteiger partial charge >= 0.3 is 0 Å². The lowest BCUT2D eigenvalue weighted by Crippen LogP contribution is -2.35. The molecule has 2 aromatic rings. The number of ether oxygens (including phenoxy) is 3. The summed E-state index contributed by atoms with van der Waals surface area (Å²) >= 11 is 0. The number of likely N-dealkylation sites (N-methyl/N-ethyl adjacent to an activating group) is 1. The quantitative estimate of drug-likeness (QED) is 0.413. The van der Waals surface area contributed by atoms with E-state index in [1.165, 1.54) is 0 Å². The highest BCUT2D eigenvalue weighted by Gasteiger charge is 2.16. The molecule has 0 bridgehead atoms. The lowest BCUT2D eigenvalue weighted by Gasteiger charge is -2.18. The fraction of sp³-hybridized carbons (Fsp3) is 0.375. The Labute approximate surface area is 191 Å². The van der Waals surface area contributed by atoms with E-state index in [0.29, 0.717) is 29.4 Å². The smallest absolute Gasteiger partial charge is 0.251 e. The highest BCUT2D eigenvalue weighted by molar-refractivity contribution is 6.24. The molecule has 31 heavy (non-hydrogen) atoms. The minimum absolute atomic E-state index is 0. The minimum Gasteiger partial charge on any atom is -0.496 e. The second kappa shape index (κ2) is 13.6. The summed E-state index contributed by atoms with van der Waals surface area (Å²) < 4.78 is 16.3. The molecule has 2 rings (SSSR count). The number of hydrogen-bond donors (Lipinski definition) is 1. The Bertz CT molecular complexity index is 852. The van der Waals surface area contributed by atoms with Gasteiger partial charge < -0.3 is 24.4 Å². The maximum Gasteiger partial charge on any atom is 0.251 e. The van der Waals surface area contributed by atoms with Gasteiger partial charge in [-0.15, -0.1) is 12.4 Å². The maximum absolute atomic E-state index is 13.1. The van der Waals surface area contributed by atoms with Gasteiger partial charge in [0.2, 0.25) is 0 Å². The third-order valence-corrected chi connectivity index (χ3v) is 4.97. The first-order valence-corrected chi connectivity index (χ1v) is 10.2. The van der Waals surface area contributed by atoms with Crippen molar-refractivity contribution in [1.29, 1.82) is 0 Å². The Morgan fingerprint density at radius 1 is 0.935 bits per heavy atom. The standard InChI is InChI=1S/C24H32N2O4.ClH/c1-6-26(7-2)14-13-25-24(27)20(18-11-9-8-10-12-18)15-19-16-22(29-4)23(30-5)17-21(19)28-3;/h8-12,15-17H,6-7,13-14H2,1-5H3,(H,25,27);1H/b20-15+;. The zero-order valence-corrected chi connectivity index (χ0v) is 19.8. The van der Waals surface area contributed by atoms with Crippen LogP contribution >= 0.6 is 12.4 Å². The Morgan fingerprint density at radius 2 is 1.52 bits per heavy atom. The van der Waals surface area contributed by atoms with Crippen LogP contribution in [-0.4, -0.2) is 58.3 Å². The molecule has 7 heteroatoms. The van der Waals surface area contributed by atoms with Crippen molar-refractivity contribution in [1.82, 2.24) is 10.2 Å². The van der Waals surface area contributed by atoms with Crippen LogP contribution in [-0.2, 0) is 4.79 Å². The predicted molar refractivity (Wildman–Crippen MR) is 128 cm³/mol. The molecule has 6 nitrogen and oxygen atoms in total. The number of carbonyl (C=O) groups is 1. The van der Waals surface area contributed by atoms with Crippen molar-refractivity contribution in [2.45, 2.75) is 13.8 Å². The Kier molecular flexibility index (Phi) is 11.5. The molecule has 0 aliphatic heterocycles. The van der Waals surface area contributed by atoms with E-state index >= 15 is 0 Å². The molecule has 0 radical (unpaired) electrons. The molecule has 0 unspecified atom stereocenters. The van der Waals surface area contributed by atoms with Gasteiger partial charge in [-0.2, -0.15) is 0 Å². The molecule has 0 aliphatic carbocycles. The van der Waals surface area contributed by atoms with Gasteiger partial charge in [0.05, 0.1) is 21.3 Å². The second-order valence-electron chi connectivity index (χ2n) is 6.66. The fourth-order valence-electron chi connectivity index (χ4n) is 3.18. The molecule has 1 amide bonds. The lowest BCUT2D eigenvalue weighted by atomic mass is 10.0. The number of nitrogens with one attached hydrogen (secondary N) is 1. The van der Waals surface area contributed by atoms with E-state index < -0.39 is 0 Å². The van der Waals surface area contributed by atoms with Crippen molar-refractivity contribution < 1.29 is 19.0 Å². The fourth-order valence-corrected chi connectivity index (χ4v) is 3.18. The molecule has 170 valence electrons. The van der Waals surface area contributed by atoms with E-state index in [2.05, 4.69) is 24.1 Å². The van der Waals surface area contributed by atoms with E-state index in [-0.39, 0.29) is 18.3 Å². The summed E-state index contributed by atoms with van der Waals surface area (Å²) in [7, 11) is 4.74. The predicted octanol–water partition coefficient (Wildman–Crippen LogP) is 4.13. The van der Waals surface area contributed by atoms with Gasteiger partial charge in [0.1, 0.15) is 5.75 Å². The average molecular weight is 449 g/mol. The molecular formula is C24H33ClN2O4. The van der Waals surface area contributed by atoms with Gasteiger partial charge in [0.15, 0.2) is 11.5 Å². The van der Waals surface area contributed by atoms with Crippen LogP contribution < -0.4 is 19.5 Å². The van der Waals surface area contributed by atoms with Crippen LogP contribution in [0.5, 0.6) is 17.2 Å². The molecule has 2 aromatic carbocycles. The van der Waals surface area contributed by atoms with Crippen LogP contribution in [0.4, 0.5) is 0 Å². The minimum atomic E-state index is -0.134. The normalized spacial score (nSPS) is 11.0. The maximum atomic E-state index is 13.1. The molecule has 0 aliphatic rings. The Hall–Kier alpha value is -2.70. The average Bonchev–Trinajstić information content (AvgIpc) is 2.80. The summed E-state index contributed by atoms with van der Waals surface area (Å²) in [5.74, 6) is 1.59. The molecule has 0 aromatic heterocycles. The highest BCUT2D eigenvalue weighted by atomic mass is 35.5. The molecule has 0 saturated heterocycles. The zero-order valence-electron chi connectivity index (χ0n) is 18.9. The number of halogens is 1. The third-order valence-electron chi connectivity index (χ3n) is 4.97. The molecule has 0 heterocycles. The van der Waals surface area contributed by atoms with Crippen LogP contribution in [0.1, 0.15) is 25.0 Å². The molecular weight excluding hydrogens is 416 g/mol. The molecule has 0 atom stereocenters. The summed E-state index contributed by atoms with van der Waals surface area (Å²) in [5.41, 5.74) is 2.11. The van der Waals surface area contributed by atoms with E-state index in [1.54, 1.807) is 27.4 Å². The van der Waals surface area contributed by atoms with Gasteiger partial charge in [0, 0.05) is 30.3 Å². The van der Waals surface area contributed by atoms with Crippen LogP contribution in [0.15, 0.2) is 42.5 Å². The van der Waals surface area contributed by atoms with Gasteiger partial charge in [-0.3, -0.25) is 4.79 Å². The van der Waals surface area contributed by atoms with E-state index in [4.69, 9.17) is 14.2 Å². The van der Waals surface area contributed by atoms with Crippen LogP contribution in [0.25, 0.3) is 11.6 Å². The Balaban J connectivity index is 0.00000480. The van der Waals surface area contributed by atoms with Crippen molar-refractivity contribution in [2.75, 3.05) is 47.5 Å². The Morgan fingerprint density at radius 3 is 2.06 bits per heavy atom. The lowest BCUT2D eigenvalue weighted by molar-refractivity contribution is -0.115. The monoisotopic (exact) mass is 448 g/mol. The number of hydrogen-bond acceptors (Lipinski definition) is 5. The summed E-state index contributed by atoms with van der Waals surface area (Å²) in [6, 6.07) is 13.2. The molecule has 1 N–H and O–H groups in total. The number of nitrogens with zero attached hydrogens (tertiary/aromatic N) is 1. The van der Waals surface area contributed by atoms with Crippen LogP contribution in [0.2, 0.25) is 0 Å². The van der Waals surface area contributed by atoms with Gasteiger partial charge in [-0.25, -0.2) is 0 Å². The largest absolute Gasteiger partial charge is 0.496 e. The number of amides is 1. The van der Waals surface area contributed by atoms with Gasteiger partial charge in [-0.1, -0.05) is 44.2 Å². The van der Waals surface area contributed by atoms with Crippen LogP contribution in [0, 0.1) is 0 Å². The van der Waals surface area contributed by atoms with E-state index in [1.807, 2.05) is 42.5 Å². The SMILES string of the molecule is CCN(CC)CCNC(=O)/C(=C/c1cc(OC)c(OC)cc1OC)c1ccccc1.Cl. The van der Waals surface area contributed by atoms with Gasteiger partial charge in [0.25, 0.3) is 5.91 Å². The van der Waals surface area contributed by atoms with Crippen molar-refractivity contribution in [3.63, 3.8) is 0 Å². The summed E-state index contributed by atoms with van der Waals surface area (Å²) in [5, 5.41) is 3.04. The summed E-state index contributed by atoms with van der Waals surface area (Å²) in [6.45, 7) is 7.52. The highest BCUT2D eigenvalue weighted by Crippen LogP contribution is 2.36. The second-order valence-corrected chi connectivity index (χ2v) is 6.66. The molecule has 0 saturated carbocycles. The van der Waals surface area contributed by atoms with Crippen molar-refractivity contribution in [3.05, 3.63) is 53.6 Å². The first kappa shape index (κ1) is 26.3. The summed E-state index contributed by atoms with van der Waals surface area (Å²) in [6.07, 6.45) is 1.82. The van der Waals surface area contributed by atoms with Crippen molar-refractivity contribution in [3.8, 4) is 17.2 Å². The van der Waals surface area contributed by atoms with Crippen LogP contribution in [0.3, 0.4) is 0 Å². The molecule has 0 fully saturated rings. The zero-order chi connectivity index (χ0) is 21.9. The van der Waals surface area contributed by atoms with E-state index in [0.717, 1.165) is 30.8 Å². The van der Waals surface area contributed by atoms with E-state index in [9.17, 15) is 4.79 Å². The number of carbonyl (C=O) groups excluding carboxylic acids is 1. The molecule has 0 spiro atoms. The van der Waals surface area contributed by atoms with Crippen molar-refractivity contribution in [2.24, 2.45) is 0 Å². The van der Waals surface area contributed by atoms with Gasteiger partial charge in [-0.05, 0) is 30.8 Å². The summed E-state index contributed by atoms with van der Waals surface area (Å²) in [4.78, 5) is 15.4. The number of methoxy groups -OCH3 is 3. The number of benzene rings is 2. The topological polar surface area (TPSA) is 60.0 Å². The first-order chi connectivity index (χ1) is 14.6.